The third-order valence-electron chi connectivity index (χ3n) is 2.98. The van der Waals surface area contributed by atoms with Gasteiger partial charge in [0.25, 0.3) is 0 Å². The Morgan fingerprint density at radius 3 is 2.17 bits per heavy atom. The summed E-state index contributed by atoms with van der Waals surface area (Å²) in [6.45, 7) is 6.59. The fraction of sp³-hybridized carbons (Fsp3) is 1.00. The van der Waals surface area contributed by atoms with Crippen LogP contribution in [0.5, 0.6) is 0 Å². The lowest BCUT2D eigenvalue weighted by molar-refractivity contribution is -0.300. The fourth-order valence-electron chi connectivity index (χ4n) is 1.69. The maximum absolute atomic E-state index is 9.72. The topological polar surface area (TPSA) is 99.4 Å². The third-order valence-corrected chi connectivity index (χ3v) is 4.69. The predicted molar refractivity (Wildman–Crippen MR) is 67.9 cm³/mol. The highest BCUT2D eigenvalue weighted by molar-refractivity contribution is 6.76. The Bertz CT molecular complexity index is 254. The summed E-state index contributed by atoms with van der Waals surface area (Å²) in [5.41, 5.74) is 0. The molecular weight excluding hydrogens is 256 g/mol. The van der Waals surface area contributed by atoms with Crippen LogP contribution < -0.4 is 0 Å². The second-order valence-corrected chi connectivity index (χ2v) is 11.5. The summed E-state index contributed by atoms with van der Waals surface area (Å²) in [6.07, 6.45) is -5.91. The summed E-state index contributed by atoms with van der Waals surface area (Å²) in [5, 5.41) is 37.9. The van der Waals surface area contributed by atoms with Crippen LogP contribution >= 0.6 is 0 Å². The van der Waals surface area contributed by atoms with Crippen molar-refractivity contribution in [1.82, 2.24) is 0 Å². The molecule has 108 valence electrons. The van der Waals surface area contributed by atoms with Gasteiger partial charge in [-0.1, -0.05) is 19.6 Å². The molecule has 0 aromatic heterocycles. The van der Waals surface area contributed by atoms with E-state index in [-0.39, 0.29) is 0 Å². The molecule has 1 aliphatic rings. The van der Waals surface area contributed by atoms with E-state index >= 15 is 0 Å². The van der Waals surface area contributed by atoms with Crippen molar-refractivity contribution in [2.45, 2.75) is 56.4 Å². The molecule has 1 saturated heterocycles. The molecule has 4 N–H and O–H groups in total. The van der Waals surface area contributed by atoms with Gasteiger partial charge in [0.1, 0.15) is 24.4 Å². The summed E-state index contributed by atoms with van der Waals surface area (Å²) in [5.74, 6) is 0. The molecule has 0 spiro atoms. The lowest BCUT2D eigenvalue weighted by atomic mass is 9.99. The van der Waals surface area contributed by atoms with Crippen molar-refractivity contribution in [3.8, 4) is 0 Å². The van der Waals surface area contributed by atoms with Gasteiger partial charge in [-0.3, -0.25) is 0 Å². The highest BCUT2D eigenvalue weighted by Gasteiger charge is 2.43. The second kappa shape index (κ2) is 6.42. The minimum absolute atomic E-state index is 0.429. The number of rotatable bonds is 5. The van der Waals surface area contributed by atoms with Crippen molar-refractivity contribution in [2.75, 3.05) is 13.2 Å². The van der Waals surface area contributed by atoms with Gasteiger partial charge in [0, 0.05) is 14.7 Å². The van der Waals surface area contributed by atoms with Crippen molar-refractivity contribution in [2.24, 2.45) is 0 Å². The Morgan fingerprint density at radius 1 is 1.06 bits per heavy atom. The molecule has 6 nitrogen and oxygen atoms in total. The quantitative estimate of drug-likeness (QED) is 0.489. The largest absolute Gasteiger partial charge is 0.394 e. The van der Waals surface area contributed by atoms with Crippen LogP contribution in [0.1, 0.15) is 0 Å². The van der Waals surface area contributed by atoms with Gasteiger partial charge >= 0.3 is 0 Å². The average Bonchev–Trinajstić information content (AvgIpc) is 2.27. The Labute approximate surface area is 108 Å². The van der Waals surface area contributed by atoms with Crippen LogP contribution in [0.15, 0.2) is 0 Å². The van der Waals surface area contributed by atoms with Crippen molar-refractivity contribution in [3.63, 3.8) is 0 Å². The summed E-state index contributed by atoms with van der Waals surface area (Å²) >= 11 is 0. The van der Waals surface area contributed by atoms with Gasteiger partial charge in [-0.2, -0.15) is 0 Å². The zero-order valence-corrected chi connectivity index (χ0v) is 12.1. The van der Waals surface area contributed by atoms with Crippen LogP contribution in [-0.4, -0.2) is 72.4 Å². The molecule has 0 bridgehead atoms. The molecule has 18 heavy (non-hydrogen) atoms. The first-order valence-electron chi connectivity index (χ1n) is 6.18. The Kier molecular flexibility index (Phi) is 5.72. The van der Waals surface area contributed by atoms with Crippen molar-refractivity contribution >= 4 is 8.07 Å². The van der Waals surface area contributed by atoms with Crippen LogP contribution in [0.4, 0.5) is 0 Å². The summed E-state index contributed by atoms with van der Waals surface area (Å²) in [6, 6.07) is 0.905. The first-order valence-corrected chi connectivity index (χ1v) is 9.89. The molecular formula is C11H24O6Si. The van der Waals surface area contributed by atoms with Gasteiger partial charge in [-0.05, 0) is 6.04 Å². The molecule has 0 aromatic carbocycles. The zero-order chi connectivity index (χ0) is 13.9. The minimum Gasteiger partial charge on any atom is -0.394 e. The maximum atomic E-state index is 9.72. The molecule has 0 aromatic rings. The smallest absolute Gasteiger partial charge is 0.186 e. The van der Waals surface area contributed by atoms with Crippen LogP contribution in [-0.2, 0) is 9.47 Å². The molecule has 7 heteroatoms. The van der Waals surface area contributed by atoms with Crippen molar-refractivity contribution in [1.29, 1.82) is 0 Å². The summed E-state index contributed by atoms with van der Waals surface area (Å²) < 4.78 is 10.6. The van der Waals surface area contributed by atoms with Crippen LogP contribution in [0.3, 0.4) is 0 Å². The molecule has 1 heterocycles. The molecule has 0 radical (unpaired) electrons. The van der Waals surface area contributed by atoms with Gasteiger partial charge in [-0.15, -0.1) is 0 Å². The van der Waals surface area contributed by atoms with Crippen LogP contribution in [0.2, 0.25) is 25.7 Å². The standard InChI is InChI=1S/C11H24O6Si/c1-18(2,3)5-4-16-11-10(15)9(14)8(13)7(6-12)17-11/h7-15H,4-6H2,1-3H3/t7-,8+,9+,10-,11+/m1/s1. The monoisotopic (exact) mass is 280 g/mol. The van der Waals surface area contributed by atoms with E-state index in [9.17, 15) is 15.3 Å². The van der Waals surface area contributed by atoms with E-state index in [1.165, 1.54) is 0 Å². The predicted octanol–water partition coefficient (Wildman–Crippen LogP) is -0.859. The third kappa shape index (κ3) is 4.27. The van der Waals surface area contributed by atoms with Gasteiger partial charge in [0.05, 0.1) is 6.61 Å². The fourth-order valence-corrected chi connectivity index (χ4v) is 2.42. The lowest BCUT2D eigenvalue weighted by Crippen LogP contribution is -2.59. The van der Waals surface area contributed by atoms with Crippen molar-refractivity contribution in [3.05, 3.63) is 0 Å². The van der Waals surface area contributed by atoms with Crippen LogP contribution in [0, 0.1) is 0 Å². The molecule has 0 unspecified atom stereocenters. The zero-order valence-electron chi connectivity index (χ0n) is 11.1. The van der Waals surface area contributed by atoms with E-state index in [4.69, 9.17) is 14.6 Å². The van der Waals surface area contributed by atoms with Crippen molar-refractivity contribution < 1.29 is 29.9 Å². The van der Waals surface area contributed by atoms with E-state index < -0.39 is 45.4 Å². The van der Waals surface area contributed by atoms with Crippen LogP contribution in [0.25, 0.3) is 0 Å². The van der Waals surface area contributed by atoms with E-state index in [2.05, 4.69) is 19.6 Å². The van der Waals surface area contributed by atoms with E-state index in [1.54, 1.807) is 0 Å². The maximum Gasteiger partial charge on any atom is 0.186 e. The van der Waals surface area contributed by atoms with E-state index in [1.807, 2.05) is 0 Å². The van der Waals surface area contributed by atoms with Gasteiger partial charge in [-0.25, -0.2) is 0 Å². The molecule has 0 aliphatic carbocycles. The number of aliphatic hydroxyl groups is 4. The van der Waals surface area contributed by atoms with Gasteiger partial charge in [0.2, 0.25) is 0 Å². The van der Waals surface area contributed by atoms with E-state index in [0.29, 0.717) is 6.61 Å². The summed E-state index contributed by atoms with van der Waals surface area (Å²) in [7, 11) is -1.24. The normalized spacial score (nSPS) is 37.8. The molecule has 5 atom stereocenters. The highest BCUT2D eigenvalue weighted by atomic mass is 28.3. The molecule has 1 aliphatic heterocycles. The number of ether oxygens (including phenoxy) is 2. The number of hydrogen-bond donors (Lipinski definition) is 4. The SMILES string of the molecule is C[Si](C)(C)CCO[C@H]1O[C@H](CO)[C@H](O)[C@H](O)[C@H]1O. The lowest BCUT2D eigenvalue weighted by Gasteiger charge is -2.39. The number of hydrogen-bond acceptors (Lipinski definition) is 6. The first kappa shape index (κ1) is 16.0. The number of aliphatic hydroxyl groups excluding tert-OH is 4. The average molecular weight is 280 g/mol. The van der Waals surface area contributed by atoms with Gasteiger partial charge < -0.3 is 29.9 Å². The minimum atomic E-state index is -1.37. The highest BCUT2D eigenvalue weighted by Crippen LogP contribution is 2.22. The molecule has 1 rings (SSSR count). The Balaban J connectivity index is 2.49. The second-order valence-electron chi connectivity index (χ2n) is 5.88. The Hall–Kier alpha value is -0.0231. The van der Waals surface area contributed by atoms with Gasteiger partial charge in [0.15, 0.2) is 6.29 Å². The summed E-state index contributed by atoms with van der Waals surface area (Å²) in [4.78, 5) is 0. The van der Waals surface area contributed by atoms with E-state index in [0.717, 1.165) is 6.04 Å². The molecule has 0 saturated carbocycles. The first-order chi connectivity index (χ1) is 8.26. The Morgan fingerprint density at radius 2 is 1.67 bits per heavy atom. The molecule has 1 fully saturated rings. The molecule has 0 amide bonds.